The SMILES string of the molecule is CN1CCCC(CNc2cc(Cl)c(O)c(Cl)c2)C1. The molecule has 0 bridgehead atoms. The molecular formula is C13H18Cl2N2O. The maximum absolute atomic E-state index is 9.48. The first-order chi connectivity index (χ1) is 8.56. The number of anilines is 1. The molecule has 0 aliphatic carbocycles. The van der Waals surface area contributed by atoms with Gasteiger partial charge in [0.2, 0.25) is 0 Å². The van der Waals surface area contributed by atoms with Crippen molar-refractivity contribution in [2.45, 2.75) is 12.8 Å². The van der Waals surface area contributed by atoms with E-state index in [4.69, 9.17) is 23.2 Å². The Bertz CT molecular complexity index is 402. The summed E-state index contributed by atoms with van der Waals surface area (Å²) in [5.41, 5.74) is 0.857. The molecular weight excluding hydrogens is 271 g/mol. The maximum Gasteiger partial charge on any atom is 0.152 e. The van der Waals surface area contributed by atoms with Gasteiger partial charge in [0.05, 0.1) is 10.0 Å². The second-order valence-corrected chi connectivity index (χ2v) is 5.75. The zero-order valence-electron chi connectivity index (χ0n) is 10.4. The van der Waals surface area contributed by atoms with Crippen molar-refractivity contribution in [1.82, 2.24) is 4.90 Å². The lowest BCUT2D eigenvalue weighted by atomic mass is 9.98. The van der Waals surface area contributed by atoms with E-state index in [1.54, 1.807) is 12.1 Å². The van der Waals surface area contributed by atoms with Crippen molar-refractivity contribution in [3.05, 3.63) is 22.2 Å². The Kier molecular flexibility index (Phi) is 4.60. The minimum atomic E-state index is -0.0544. The predicted octanol–water partition coefficient (Wildman–Crippen LogP) is 3.45. The highest BCUT2D eigenvalue weighted by atomic mass is 35.5. The monoisotopic (exact) mass is 288 g/mol. The third-order valence-corrected chi connectivity index (χ3v) is 3.91. The molecule has 3 nitrogen and oxygen atoms in total. The van der Waals surface area contributed by atoms with Crippen molar-refractivity contribution in [2.24, 2.45) is 5.92 Å². The van der Waals surface area contributed by atoms with Crippen LogP contribution in [-0.4, -0.2) is 36.7 Å². The van der Waals surface area contributed by atoms with Crippen molar-refractivity contribution in [3.8, 4) is 5.75 Å². The number of phenolic OH excluding ortho intramolecular Hbond substituents is 1. The van der Waals surface area contributed by atoms with Crippen LogP contribution in [0.5, 0.6) is 5.75 Å². The number of piperidine rings is 1. The number of hydrogen-bond acceptors (Lipinski definition) is 3. The summed E-state index contributed by atoms with van der Waals surface area (Å²) in [5.74, 6) is 0.594. The number of hydrogen-bond donors (Lipinski definition) is 2. The number of phenols is 1. The van der Waals surface area contributed by atoms with E-state index < -0.39 is 0 Å². The molecule has 2 rings (SSSR count). The summed E-state index contributed by atoms with van der Waals surface area (Å²) < 4.78 is 0. The molecule has 0 radical (unpaired) electrons. The fourth-order valence-electron chi connectivity index (χ4n) is 2.37. The van der Waals surface area contributed by atoms with Gasteiger partial charge in [-0.25, -0.2) is 0 Å². The molecule has 1 aromatic carbocycles. The van der Waals surface area contributed by atoms with Gasteiger partial charge < -0.3 is 15.3 Å². The number of benzene rings is 1. The highest BCUT2D eigenvalue weighted by Crippen LogP contribution is 2.34. The number of halogens is 2. The van der Waals surface area contributed by atoms with Crippen molar-refractivity contribution in [2.75, 3.05) is 32.0 Å². The molecule has 1 saturated heterocycles. The molecule has 1 heterocycles. The Hall–Kier alpha value is -0.640. The van der Waals surface area contributed by atoms with Gasteiger partial charge in [-0.05, 0) is 44.5 Å². The van der Waals surface area contributed by atoms with Gasteiger partial charge in [0.1, 0.15) is 0 Å². The first-order valence-electron chi connectivity index (χ1n) is 6.16. The van der Waals surface area contributed by atoms with E-state index in [2.05, 4.69) is 17.3 Å². The van der Waals surface area contributed by atoms with Gasteiger partial charge in [0.15, 0.2) is 5.75 Å². The lowest BCUT2D eigenvalue weighted by Gasteiger charge is -2.30. The zero-order valence-corrected chi connectivity index (χ0v) is 11.9. The summed E-state index contributed by atoms with van der Waals surface area (Å²) in [7, 11) is 2.15. The summed E-state index contributed by atoms with van der Waals surface area (Å²) in [5, 5.41) is 13.4. The summed E-state index contributed by atoms with van der Waals surface area (Å²) in [6, 6.07) is 3.41. The summed E-state index contributed by atoms with van der Waals surface area (Å²) in [6.07, 6.45) is 2.50. The zero-order chi connectivity index (χ0) is 13.1. The van der Waals surface area contributed by atoms with E-state index in [1.807, 2.05) is 0 Å². The van der Waals surface area contributed by atoms with E-state index >= 15 is 0 Å². The minimum Gasteiger partial charge on any atom is -0.505 e. The molecule has 1 atom stereocenters. The normalized spacial score (nSPS) is 20.9. The molecule has 1 fully saturated rings. The first kappa shape index (κ1) is 13.8. The van der Waals surface area contributed by atoms with E-state index in [1.165, 1.54) is 19.4 Å². The molecule has 1 aliphatic heterocycles. The average Bonchev–Trinajstić information content (AvgIpc) is 2.33. The van der Waals surface area contributed by atoms with Gasteiger partial charge in [-0.2, -0.15) is 0 Å². The highest BCUT2D eigenvalue weighted by Gasteiger charge is 2.17. The molecule has 1 unspecified atom stereocenters. The van der Waals surface area contributed by atoms with Crippen molar-refractivity contribution >= 4 is 28.9 Å². The molecule has 0 aromatic heterocycles. The molecule has 0 amide bonds. The Balaban J connectivity index is 1.94. The Labute approximate surface area is 118 Å². The van der Waals surface area contributed by atoms with Gasteiger partial charge >= 0.3 is 0 Å². The standard InChI is InChI=1S/C13H18Cl2N2O/c1-17-4-2-3-9(8-17)7-16-10-5-11(14)13(18)12(15)6-10/h5-6,9,16,18H,2-4,7-8H2,1H3. The van der Waals surface area contributed by atoms with E-state index in [9.17, 15) is 5.11 Å². The van der Waals surface area contributed by atoms with Gasteiger partial charge in [-0.3, -0.25) is 0 Å². The molecule has 18 heavy (non-hydrogen) atoms. The van der Waals surface area contributed by atoms with E-state index in [0.717, 1.165) is 18.8 Å². The number of nitrogens with zero attached hydrogens (tertiary/aromatic N) is 1. The lowest BCUT2D eigenvalue weighted by Crippen LogP contribution is -2.35. The first-order valence-corrected chi connectivity index (χ1v) is 6.92. The van der Waals surface area contributed by atoms with Gasteiger partial charge in [-0.15, -0.1) is 0 Å². The van der Waals surface area contributed by atoms with E-state index in [0.29, 0.717) is 5.92 Å². The van der Waals surface area contributed by atoms with Crippen LogP contribution in [0.25, 0.3) is 0 Å². The Morgan fingerprint density at radius 1 is 1.39 bits per heavy atom. The predicted molar refractivity (Wildman–Crippen MR) is 76.8 cm³/mol. The molecule has 1 aromatic rings. The van der Waals surface area contributed by atoms with Crippen LogP contribution in [0, 0.1) is 5.92 Å². The largest absolute Gasteiger partial charge is 0.505 e. The molecule has 5 heteroatoms. The summed E-state index contributed by atoms with van der Waals surface area (Å²) in [4.78, 5) is 2.35. The number of likely N-dealkylation sites (tertiary alicyclic amines) is 1. The number of aromatic hydroxyl groups is 1. The van der Waals surface area contributed by atoms with E-state index in [-0.39, 0.29) is 15.8 Å². The second-order valence-electron chi connectivity index (χ2n) is 4.94. The van der Waals surface area contributed by atoms with Crippen molar-refractivity contribution in [3.63, 3.8) is 0 Å². The molecule has 1 aliphatic rings. The molecule has 0 spiro atoms. The molecule has 0 saturated carbocycles. The van der Waals surface area contributed by atoms with Gasteiger partial charge in [-0.1, -0.05) is 23.2 Å². The topological polar surface area (TPSA) is 35.5 Å². The quantitative estimate of drug-likeness (QED) is 0.837. The van der Waals surface area contributed by atoms with Crippen LogP contribution < -0.4 is 5.32 Å². The Morgan fingerprint density at radius 2 is 2.06 bits per heavy atom. The molecule has 2 N–H and O–H groups in total. The van der Waals surface area contributed by atoms with Crippen molar-refractivity contribution in [1.29, 1.82) is 0 Å². The van der Waals surface area contributed by atoms with Gasteiger partial charge in [0, 0.05) is 18.8 Å². The van der Waals surface area contributed by atoms with Crippen LogP contribution in [0.4, 0.5) is 5.69 Å². The van der Waals surface area contributed by atoms with Crippen LogP contribution >= 0.6 is 23.2 Å². The lowest BCUT2D eigenvalue weighted by molar-refractivity contribution is 0.217. The average molecular weight is 289 g/mol. The fourth-order valence-corrected chi connectivity index (χ4v) is 2.86. The second kappa shape index (κ2) is 6.00. The van der Waals surface area contributed by atoms with Crippen LogP contribution in [-0.2, 0) is 0 Å². The number of nitrogens with one attached hydrogen (secondary N) is 1. The third kappa shape index (κ3) is 3.44. The van der Waals surface area contributed by atoms with Crippen LogP contribution in [0.1, 0.15) is 12.8 Å². The van der Waals surface area contributed by atoms with Crippen LogP contribution in [0.15, 0.2) is 12.1 Å². The summed E-state index contributed by atoms with van der Waals surface area (Å²) >= 11 is 11.8. The highest BCUT2D eigenvalue weighted by molar-refractivity contribution is 6.37. The third-order valence-electron chi connectivity index (χ3n) is 3.33. The fraction of sp³-hybridized carbons (Fsp3) is 0.538. The van der Waals surface area contributed by atoms with Crippen LogP contribution in [0.3, 0.4) is 0 Å². The van der Waals surface area contributed by atoms with Crippen molar-refractivity contribution < 1.29 is 5.11 Å². The van der Waals surface area contributed by atoms with Gasteiger partial charge in [0.25, 0.3) is 0 Å². The number of rotatable bonds is 3. The molecule has 100 valence electrons. The summed E-state index contributed by atoms with van der Waals surface area (Å²) in [6.45, 7) is 3.21. The maximum atomic E-state index is 9.48. The Morgan fingerprint density at radius 3 is 2.67 bits per heavy atom. The van der Waals surface area contributed by atoms with Crippen LogP contribution in [0.2, 0.25) is 10.0 Å². The minimum absolute atomic E-state index is 0.0544. The smallest absolute Gasteiger partial charge is 0.152 e.